The van der Waals surface area contributed by atoms with Gasteiger partial charge in [0.15, 0.2) is 0 Å². The Morgan fingerprint density at radius 1 is 1.31 bits per heavy atom. The van der Waals surface area contributed by atoms with Gasteiger partial charge in [-0.3, -0.25) is 0 Å². The zero-order valence-electron chi connectivity index (χ0n) is 6.41. The van der Waals surface area contributed by atoms with E-state index < -0.39 is 9.57 Å². The van der Waals surface area contributed by atoms with Gasteiger partial charge in [-0.2, -0.15) is 0 Å². The van der Waals surface area contributed by atoms with E-state index in [2.05, 4.69) is 36.6 Å². The molecule has 0 bridgehead atoms. The van der Waals surface area contributed by atoms with E-state index in [1.165, 1.54) is 0 Å². The lowest BCUT2D eigenvalue weighted by Gasteiger charge is -2.18. The molecule has 3 nitrogen and oxygen atoms in total. The summed E-state index contributed by atoms with van der Waals surface area (Å²) in [6.45, 7) is 0. The quantitative estimate of drug-likeness (QED) is 0.673. The van der Waals surface area contributed by atoms with E-state index >= 15 is 0 Å². The Labute approximate surface area is 92.0 Å². The maximum atomic E-state index is 10.3. The third kappa shape index (κ3) is 3.00. The third-order valence-electron chi connectivity index (χ3n) is 1.33. The first kappa shape index (κ1) is 10.5. The second kappa shape index (κ2) is 4.11. The minimum atomic E-state index is -1.35. The van der Waals surface area contributed by atoms with Gasteiger partial charge in [0.25, 0.3) is 0 Å². The van der Waals surface area contributed by atoms with E-state index in [9.17, 15) is 4.79 Å². The molecule has 0 fully saturated rings. The molecule has 0 atom stereocenters. The summed E-state index contributed by atoms with van der Waals surface area (Å²) < 4.78 is 3.41. The fourth-order valence-corrected chi connectivity index (χ4v) is 1.61. The largest absolute Gasteiger partial charge is 0.508 e. The monoisotopic (exact) mass is 308 g/mol. The molecule has 0 aliphatic carbocycles. The van der Waals surface area contributed by atoms with Crippen LogP contribution in [0.4, 0.5) is 4.79 Å². The van der Waals surface area contributed by atoms with Gasteiger partial charge in [-0.1, -0.05) is 30.3 Å². The standard InChI is InChI=1S/C8H6Br2O3/c9-8(10,13-7(11)12)6-4-2-1-3-5-6/h1-5H,(H,11,12). The third-order valence-corrected chi connectivity index (χ3v) is 2.56. The van der Waals surface area contributed by atoms with E-state index in [1.54, 1.807) is 24.3 Å². The summed E-state index contributed by atoms with van der Waals surface area (Å²) in [6.07, 6.45) is -1.35. The molecule has 70 valence electrons. The van der Waals surface area contributed by atoms with Crippen LogP contribution in [-0.4, -0.2) is 11.3 Å². The van der Waals surface area contributed by atoms with Crippen molar-refractivity contribution in [3.63, 3.8) is 0 Å². The Morgan fingerprint density at radius 3 is 2.31 bits per heavy atom. The first-order valence-electron chi connectivity index (χ1n) is 3.37. The summed E-state index contributed by atoms with van der Waals surface area (Å²) in [4.78, 5) is 10.3. The van der Waals surface area contributed by atoms with Crippen LogP contribution in [0.5, 0.6) is 0 Å². The minimum Gasteiger partial charge on any atom is -0.450 e. The highest BCUT2D eigenvalue weighted by atomic mass is 79.9. The Kier molecular flexibility index (Phi) is 3.33. The molecule has 1 aromatic rings. The fraction of sp³-hybridized carbons (Fsp3) is 0.125. The normalized spacial score (nSPS) is 10.9. The summed E-state index contributed by atoms with van der Waals surface area (Å²) in [5, 5.41) is 8.43. The molecule has 0 saturated carbocycles. The zero-order chi connectivity index (χ0) is 9.90. The van der Waals surface area contributed by atoms with Gasteiger partial charge in [0.2, 0.25) is 3.42 Å². The Bertz CT molecular complexity index is 298. The molecular weight excluding hydrogens is 304 g/mol. The molecule has 0 aromatic heterocycles. The molecular formula is C8H6Br2O3. The Morgan fingerprint density at radius 2 is 1.85 bits per heavy atom. The molecule has 0 heterocycles. The summed E-state index contributed by atoms with van der Waals surface area (Å²) in [7, 11) is 0. The number of ether oxygens (including phenoxy) is 1. The van der Waals surface area contributed by atoms with Gasteiger partial charge in [0.1, 0.15) is 0 Å². The van der Waals surface area contributed by atoms with E-state index in [-0.39, 0.29) is 0 Å². The summed E-state index contributed by atoms with van der Waals surface area (Å²) in [5.41, 5.74) is 0.678. The van der Waals surface area contributed by atoms with Crippen molar-refractivity contribution in [2.24, 2.45) is 0 Å². The van der Waals surface area contributed by atoms with Crippen molar-refractivity contribution < 1.29 is 14.6 Å². The SMILES string of the molecule is O=C(O)OC(Br)(Br)c1ccccc1. The van der Waals surface area contributed by atoms with E-state index in [0.717, 1.165) is 0 Å². The number of alkyl halides is 2. The van der Waals surface area contributed by atoms with Crippen molar-refractivity contribution in [2.75, 3.05) is 0 Å². The number of carbonyl (C=O) groups is 1. The van der Waals surface area contributed by atoms with Crippen LogP contribution in [0.15, 0.2) is 30.3 Å². The average Bonchev–Trinajstić information content (AvgIpc) is 2.04. The highest BCUT2D eigenvalue weighted by Gasteiger charge is 2.29. The molecule has 0 aliphatic rings. The van der Waals surface area contributed by atoms with Gasteiger partial charge in [-0.05, 0) is 31.9 Å². The summed E-state index contributed by atoms with van der Waals surface area (Å²) >= 11 is 6.21. The lowest BCUT2D eigenvalue weighted by atomic mass is 10.2. The summed E-state index contributed by atoms with van der Waals surface area (Å²) in [5.74, 6) is 0. The number of benzene rings is 1. The molecule has 0 saturated heterocycles. The van der Waals surface area contributed by atoms with Gasteiger partial charge in [0, 0.05) is 5.56 Å². The van der Waals surface area contributed by atoms with Crippen LogP contribution < -0.4 is 0 Å². The van der Waals surface area contributed by atoms with Crippen molar-refractivity contribution in [1.29, 1.82) is 0 Å². The number of hydrogen-bond acceptors (Lipinski definition) is 2. The fourth-order valence-electron chi connectivity index (χ4n) is 0.801. The highest BCUT2D eigenvalue weighted by molar-refractivity contribution is 9.24. The van der Waals surface area contributed by atoms with E-state index in [1.807, 2.05) is 6.07 Å². The second-order valence-corrected chi connectivity index (χ2v) is 5.55. The lowest BCUT2D eigenvalue weighted by Crippen LogP contribution is -2.17. The molecule has 1 aromatic carbocycles. The molecule has 1 rings (SSSR count). The van der Waals surface area contributed by atoms with Gasteiger partial charge < -0.3 is 9.84 Å². The van der Waals surface area contributed by atoms with Crippen LogP contribution in [0, 0.1) is 0 Å². The molecule has 0 radical (unpaired) electrons. The molecule has 13 heavy (non-hydrogen) atoms. The first-order valence-corrected chi connectivity index (χ1v) is 4.96. The molecule has 5 heteroatoms. The molecule has 0 unspecified atom stereocenters. The van der Waals surface area contributed by atoms with Crippen molar-refractivity contribution in [3.05, 3.63) is 35.9 Å². The average molecular weight is 310 g/mol. The van der Waals surface area contributed by atoms with Crippen LogP contribution in [-0.2, 0) is 8.16 Å². The van der Waals surface area contributed by atoms with Gasteiger partial charge in [-0.25, -0.2) is 4.79 Å². The number of rotatable bonds is 2. The Balaban J connectivity index is 2.87. The zero-order valence-corrected chi connectivity index (χ0v) is 9.58. The summed E-state index contributed by atoms with van der Waals surface area (Å²) in [6, 6.07) is 8.90. The second-order valence-electron chi connectivity index (χ2n) is 2.25. The maximum Gasteiger partial charge on any atom is 0.508 e. The van der Waals surface area contributed by atoms with Gasteiger partial charge in [-0.15, -0.1) is 0 Å². The predicted octanol–water partition coefficient (Wildman–Crippen LogP) is 3.28. The molecule has 0 spiro atoms. The van der Waals surface area contributed by atoms with Crippen molar-refractivity contribution in [3.8, 4) is 0 Å². The molecule has 0 aliphatic heterocycles. The van der Waals surface area contributed by atoms with Crippen molar-refractivity contribution >= 4 is 38.0 Å². The Hall–Kier alpha value is -0.550. The minimum absolute atomic E-state index is 0.678. The van der Waals surface area contributed by atoms with Crippen LogP contribution in [0.2, 0.25) is 0 Å². The van der Waals surface area contributed by atoms with Crippen molar-refractivity contribution in [2.45, 2.75) is 3.42 Å². The van der Waals surface area contributed by atoms with Crippen molar-refractivity contribution in [1.82, 2.24) is 0 Å². The number of carboxylic acid groups (broad SMARTS) is 1. The topological polar surface area (TPSA) is 46.5 Å². The van der Waals surface area contributed by atoms with E-state index in [0.29, 0.717) is 5.56 Å². The first-order chi connectivity index (χ1) is 6.02. The smallest absolute Gasteiger partial charge is 0.450 e. The van der Waals surface area contributed by atoms with Gasteiger partial charge in [0.05, 0.1) is 0 Å². The molecule has 0 amide bonds. The number of hydrogen-bond donors (Lipinski definition) is 1. The lowest BCUT2D eigenvalue weighted by molar-refractivity contribution is 0.0752. The predicted molar refractivity (Wildman–Crippen MR) is 55.1 cm³/mol. The van der Waals surface area contributed by atoms with Crippen LogP contribution in [0.1, 0.15) is 5.56 Å². The number of halogens is 2. The molecule has 1 N–H and O–H groups in total. The van der Waals surface area contributed by atoms with Crippen LogP contribution in [0.3, 0.4) is 0 Å². The maximum absolute atomic E-state index is 10.3. The van der Waals surface area contributed by atoms with Crippen LogP contribution >= 0.6 is 31.9 Å². The van der Waals surface area contributed by atoms with Crippen LogP contribution in [0.25, 0.3) is 0 Å². The highest BCUT2D eigenvalue weighted by Crippen LogP contribution is 2.39. The van der Waals surface area contributed by atoms with E-state index in [4.69, 9.17) is 5.11 Å². The van der Waals surface area contributed by atoms with Gasteiger partial charge >= 0.3 is 6.16 Å².